The predicted molar refractivity (Wildman–Crippen MR) is 163 cm³/mol. The van der Waals surface area contributed by atoms with Crippen LogP contribution in [0.2, 0.25) is 0 Å². The van der Waals surface area contributed by atoms with Gasteiger partial charge >= 0.3 is 0 Å². The number of ether oxygens (including phenoxy) is 3. The van der Waals surface area contributed by atoms with E-state index in [-0.39, 0.29) is 41.6 Å². The number of nitrogens with zero attached hydrogens (tertiary/aromatic N) is 2. The molecule has 234 valence electrons. The Morgan fingerprint density at radius 3 is 2.62 bits per heavy atom. The molecule has 10 nitrogen and oxygen atoms in total. The Bertz CT molecular complexity index is 1100. The molecule has 2 N–H and O–H groups in total. The summed E-state index contributed by atoms with van der Waals surface area (Å²) in [4.78, 5) is 44.4. The number of benzene rings is 1. The second-order valence-electron chi connectivity index (χ2n) is 12.8. The van der Waals surface area contributed by atoms with Crippen LogP contribution in [0.1, 0.15) is 66.7 Å². The highest BCUT2D eigenvalue weighted by Gasteiger charge is 2.43. The summed E-state index contributed by atoms with van der Waals surface area (Å²) in [6.07, 6.45) is 3.89. The molecule has 0 unspecified atom stereocenters. The number of nitrogens with one attached hydrogen (secondary N) is 2. The number of rotatable bonds is 14. The molecule has 3 amide bonds. The third-order valence-corrected chi connectivity index (χ3v) is 8.21. The molecule has 0 spiro atoms. The highest BCUT2D eigenvalue weighted by molar-refractivity contribution is 6.04. The van der Waals surface area contributed by atoms with Gasteiger partial charge in [0.1, 0.15) is 5.75 Å². The minimum Gasteiger partial charge on any atom is -0.476 e. The zero-order valence-corrected chi connectivity index (χ0v) is 26.2. The summed E-state index contributed by atoms with van der Waals surface area (Å²) in [5.41, 5.74) is 0.457. The second-order valence-corrected chi connectivity index (χ2v) is 12.8. The lowest BCUT2D eigenvalue weighted by molar-refractivity contribution is -0.132. The molecule has 1 aromatic carbocycles. The standard InChI is InChI=1S/C32H50N4O6/c1-7-41-20-24(15-21(2)3)34-29(37)22-16-23(19-33-18-22)30(38)36(25-9-10-25)26-11-12-28-27(17-26)35(13-8-14-40-6)31(39)32(4,5)42-28/h11-12,17,21-25,33H,7-10,13-16,18-20H2,1-6H3,(H,34,37)/t22-,23+,24+/m0/s1. The molecule has 1 aromatic rings. The largest absolute Gasteiger partial charge is 0.476 e. The normalized spacial score (nSPS) is 22.4. The van der Waals surface area contributed by atoms with Gasteiger partial charge in [-0.2, -0.15) is 0 Å². The molecular formula is C32H50N4O6. The van der Waals surface area contributed by atoms with E-state index in [9.17, 15) is 14.4 Å². The van der Waals surface area contributed by atoms with Crippen molar-refractivity contribution < 1.29 is 28.6 Å². The van der Waals surface area contributed by atoms with Crippen LogP contribution in [0.15, 0.2) is 18.2 Å². The molecule has 3 atom stereocenters. The van der Waals surface area contributed by atoms with E-state index < -0.39 is 5.60 Å². The van der Waals surface area contributed by atoms with E-state index in [0.717, 1.165) is 24.9 Å². The second kappa shape index (κ2) is 14.2. The Hall–Kier alpha value is -2.69. The molecule has 0 bridgehead atoms. The van der Waals surface area contributed by atoms with Gasteiger partial charge in [0.15, 0.2) is 5.60 Å². The topological polar surface area (TPSA) is 109 Å². The fraction of sp³-hybridized carbons (Fsp3) is 0.719. The molecule has 2 heterocycles. The van der Waals surface area contributed by atoms with Crippen molar-refractivity contribution >= 4 is 29.1 Å². The molecule has 1 saturated carbocycles. The maximum Gasteiger partial charge on any atom is 0.270 e. The van der Waals surface area contributed by atoms with Crippen LogP contribution in [0.25, 0.3) is 0 Å². The number of amides is 3. The Kier molecular flexibility index (Phi) is 10.9. The molecule has 0 radical (unpaired) electrons. The summed E-state index contributed by atoms with van der Waals surface area (Å²) >= 11 is 0. The van der Waals surface area contributed by atoms with Crippen LogP contribution in [0.3, 0.4) is 0 Å². The molecule has 10 heteroatoms. The molecule has 0 aromatic heterocycles. The highest BCUT2D eigenvalue weighted by Crippen LogP contribution is 2.43. The Labute approximate surface area is 250 Å². The SMILES string of the molecule is CCOC[C@@H](CC(C)C)NC(=O)[C@@H]1CNC[C@H](C(=O)N(c2ccc3c(c2)N(CCCOC)C(=O)C(C)(C)O3)C2CC2)C1. The monoisotopic (exact) mass is 586 g/mol. The lowest BCUT2D eigenvalue weighted by atomic mass is 9.88. The van der Waals surface area contributed by atoms with Gasteiger partial charge in [-0.1, -0.05) is 13.8 Å². The molecule has 2 fully saturated rings. The average Bonchev–Trinajstić information content (AvgIpc) is 3.79. The number of carbonyl (C=O) groups is 3. The van der Waals surface area contributed by atoms with Crippen LogP contribution < -0.4 is 25.2 Å². The van der Waals surface area contributed by atoms with Crippen molar-refractivity contribution in [2.24, 2.45) is 17.8 Å². The van der Waals surface area contributed by atoms with Crippen LogP contribution in [0, 0.1) is 17.8 Å². The molecule has 1 saturated heterocycles. The highest BCUT2D eigenvalue weighted by atomic mass is 16.5. The molecule has 3 aliphatic rings. The first-order valence-electron chi connectivity index (χ1n) is 15.6. The van der Waals surface area contributed by atoms with Gasteiger partial charge in [0.05, 0.1) is 30.2 Å². The van der Waals surface area contributed by atoms with Crippen LogP contribution in [-0.4, -0.2) is 82.0 Å². The number of hydrogen-bond donors (Lipinski definition) is 2. The van der Waals surface area contributed by atoms with Crippen LogP contribution >= 0.6 is 0 Å². The van der Waals surface area contributed by atoms with Gasteiger partial charge in [0.25, 0.3) is 5.91 Å². The summed E-state index contributed by atoms with van der Waals surface area (Å²) in [6.45, 7) is 13.0. The number of anilines is 2. The van der Waals surface area contributed by atoms with Gasteiger partial charge in [0.2, 0.25) is 11.8 Å². The van der Waals surface area contributed by atoms with Gasteiger partial charge in [-0.15, -0.1) is 0 Å². The third-order valence-electron chi connectivity index (χ3n) is 8.21. The van der Waals surface area contributed by atoms with Crippen molar-refractivity contribution in [3.63, 3.8) is 0 Å². The number of hydrogen-bond acceptors (Lipinski definition) is 7. The summed E-state index contributed by atoms with van der Waals surface area (Å²) in [7, 11) is 1.65. The van der Waals surface area contributed by atoms with Crippen LogP contribution in [0.4, 0.5) is 11.4 Å². The number of methoxy groups -OCH3 is 1. The summed E-state index contributed by atoms with van der Waals surface area (Å²) in [6, 6.07) is 5.77. The zero-order chi connectivity index (χ0) is 30.4. The van der Waals surface area contributed by atoms with Gasteiger partial charge in [-0.05, 0) is 77.0 Å². The molecule has 1 aliphatic carbocycles. The summed E-state index contributed by atoms with van der Waals surface area (Å²) in [5, 5.41) is 6.54. The van der Waals surface area contributed by atoms with Crippen LogP contribution in [-0.2, 0) is 23.9 Å². The molecular weight excluding hydrogens is 536 g/mol. The van der Waals surface area contributed by atoms with E-state index in [0.29, 0.717) is 69.7 Å². The minimum atomic E-state index is -0.978. The third kappa shape index (κ3) is 7.82. The maximum absolute atomic E-state index is 14.1. The fourth-order valence-corrected chi connectivity index (χ4v) is 5.99. The average molecular weight is 587 g/mol. The van der Waals surface area contributed by atoms with Crippen molar-refractivity contribution in [3.05, 3.63) is 18.2 Å². The Morgan fingerprint density at radius 2 is 1.95 bits per heavy atom. The van der Waals surface area contributed by atoms with Crippen molar-refractivity contribution in [1.82, 2.24) is 10.6 Å². The minimum absolute atomic E-state index is 0.0183. The Morgan fingerprint density at radius 1 is 1.21 bits per heavy atom. The zero-order valence-electron chi connectivity index (χ0n) is 26.2. The lowest BCUT2D eigenvalue weighted by Gasteiger charge is -2.40. The van der Waals surface area contributed by atoms with Crippen molar-refractivity contribution in [3.8, 4) is 5.75 Å². The summed E-state index contributed by atoms with van der Waals surface area (Å²) < 4.78 is 16.9. The van der Waals surface area contributed by atoms with Gasteiger partial charge in [-0.3, -0.25) is 14.4 Å². The van der Waals surface area contributed by atoms with E-state index in [1.165, 1.54) is 0 Å². The van der Waals surface area contributed by atoms with E-state index >= 15 is 0 Å². The number of carbonyl (C=O) groups excluding carboxylic acids is 3. The number of fused-ring (bicyclic) bond motifs is 1. The smallest absolute Gasteiger partial charge is 0.270 e. The summed E-state index contributed by atoms with van der Waals surface area (Å²) in [5.74, 6) is 0.322. The van der Waals surface area contributed by atoms with Crippen molar-refractivity contribution in [2.75, 3.05) is 56.4 Å². The maximum atomic E-state index is 14.1. The van der Waals surface area contributed by atoms with Gasteiger partial charge in [-0.25, -0.2) is 0 Å². The first-order chi connectivity index (χ1) is 20.1. The van der Waals surface area contributed by atoms with E-state index in [4.69, 9.17) is 14.2 Å². The van der Waals surface area contributed by atoms with E-state index in [1.807, 2.05) is 30.0 Å². The quantitative estimate of drug-likeness (QED) is 0.321. The predicted octanol–water partition coefficient (Wildman–Crippen LogP) is 3.52. The van der Waals surface area contributed by atoms with Gasteiger partial charge < -0.3 is 34.6 Å². The number of piperidine rings is 1. The van der Waals surface area contributed by atoms with E-state index in [1.54, 1.807) is 25.9 Å². The van der Waals surface area contributed by atoms with Crippen molar-refractivity contribution in [2.45, 2.75) is 84.4 Å². The fourth-order valence-electron chi connectivity index (χ4n) is 5.99. The molecule has 4 rings (SSSR count). The first-order valence-corrected chi connectivity index (χ1v) is 15.6. The Balaban J connectivity index is 1.51. The molecule has 42 heavy (non-hydrogen) atoms. The van der Waals surface area contributed by atoms with Gasteiger partial charge in [0, 0.05) is 51.7 Å². The van der Waals surface area contributed by atoms with Crippen molar-refractivity contribution in [1.29, 1.82) is 0 Å². The molecule has 2 aliphatic heterocycles. The first kappa shape index (κ1) is 32.2. The van der Waals surface area contributed by atoms with Crippen LogP contribution in [0.5, 0.6) is 5.75 Å². The van der Waals surface area contributed by atoms with E-state index in [2.05, 4.69) is 24.5 Å². The lowest BCUT2D eigenvalue weighted by Crippen LogP contribution is -2.53.